The van der Waals surface area contributed by atoms with Crippen LogP contribution in [0.25, 0.3) is 5.69 Å². The summed E-state index contributed by atoms with van der Waals surface area (Å²) in [7, 11) is 0. The maximum Gasteiger partial charge on any atom is 0.329 e. The number of amides is 2. The summed E-state index contributed by atoms with van der Waals surface area (Å²) in [4.78, 5) is 40.4. The summed E-state index contributed by atoms with van der Waals surface area (Å²) < 4.78 is 7.05. The largest absolute Gasteiger partial charge is 0.458 e. The van der Waals surface area contributed by atoms with E-state index in [4.69, 9.17) is 27.9 Å². The van der Waals surface area contributed by atoms with E-state index in [1.165, 1.54) is 10.9 Å². The lowest BCUT2D eigenvalue weighted by atomic mass is 10.0. The number of nitrogens with one attached hydrogen (secondary N) is 1. The van der Waals surface area contributed by atoms with Gasteiger partial charge < -0.3 is 15.0 Å². The fraction of sp³-hybridized carbons (Fsp3) is 0.320. The summed E-state index contributed by atoms with van der Waals surface area (Å²) in [5, 5.41) is 10.9. The normalized spacial score (nSPS) is 12.0. The highest BCUT2D eigenvalue weighted by Gasteiger charge is 2.34. The molecule has 0 spiro atoms. The molecule has 0 bridgehead atoms. The standard InChI is InChI=1S/C25H27Cl2N5O4/c1-25(2,3)36-24(35)21(13-17-7-5-4-6-8-17)31(23(34)15-26)16-22(33)29-19-14-18(27)9-10-20(19)32-12-11-28-30-32/h4-12,14,21H,13,15-16H2,1-3H3,(H,29,33). The Balaban J connectivity index is 1.89. The highest BCUT2D eigenvalue weighted by Crippen LogP contribution is 2.24. The first-order chi connectivity index (χ1) is 17.1. The van der Waals surface area contributed by atoms with Crippen LogP contribution < -0.4 is 5.32 Å². The van der Waals surface area contributed by atoms with Crippen molar-refractivity contribution in [2.75, 3.05) is 17.7 Å². The zero-order valence-electron chi connectivity index (χ0n) is 20.1. The molecule has 1 heterocycles. The lowest BCUT2D eigenvalue weighted by Crippen LogP contribution is -2.51. The number of carbonyl (C=O) groups is 3. The quantitative estimate of drug-likeness (QED) is 0.331. The molecular weight excluding hydrogens is 505 g/mol. The Morgan fingerprint density at radius 1 is 1.14 bits per heavy atom. The van der Waals surface area contributed by atoms with Crippen LogP contribution in [0, 0.1) is 0 Å². The molecular formula is C25H27Cl2N5O4. The van der Waals surface area contributed by atoms with Gasteiger partial charge in [0.1, 0.15) is 24.1 Å². The van der Waals surface area contributed by atoms with Gasteiger partial charge in [-0.15, -0.1) is 16.7 Å². The molecule has 2 aromatic carbocycles. The van der Waals surface area contributed by atoms with Gasteiger partial charge in [-0.25, -0.2) is 9.48 Å². The fourth-order valence-corrected chi connectivity index (χ4v) is 3.79. The number of carbonyl (C=O) groups excluding carboxylic acids is 3. The van der Waals surface area contributed by atoms with Gasteiger partial charge in [-0.2, -0.15) is 0 Å². The first-order valence-electron chi connectivity index (χ1n) is 11.2. The molecule has 3 rings (SSSR count). The Hall–Kier alpha value is -3.43. The lowest BCUT2D eigenvalue weighted by molar-refractivity contribution is -0.164. The molecule has 1 unspecified atom stereocenters. The predicted octanol–water partition coefficient (Wildman–Crippen LogP) is 3.88. The molecule has 2 amide bonds. The molecule has 0 aliphatic heterocycles. The average Bonchev–Trinajstić information content (AvgIpc) is 3.35. The minimum absolute atomic E-state index is 0.146. The van der Waals surface area contributed by atoms with Crippen LogP contribution in [0.3, 0.4) is 0 Å². The summed E-state index contributed by atoms with van der Waals surface area (Å²) in [6.45, 7) is 4.76. The Bertz CT molecular complexity index is 1200. The number of hydrogen-bond donors (Lipinski definition) is 1. The van der Waals surface area contributed by atoms with E-state index in [0.29, 0.717) is 16.4 Å². The first-order valence-corrected chi connectivity index (χ1v) is 12.1. The zero-order valence-corrected chi connectivity index (χ0v) is 21.7. The van der Waals surface area contributed by atoms with Crippen LogP contribution in [0.15, 0.2) is 60.9 Å². The molecule has 0 aliphatic rings. The molecule has 0 saturated heterocycles. The van der Waals surface area contributed by atoms with E-state index in [-0.39, 0.29) is 6.42 Å². The van der Waals surface area contributed by atoms with Crippen molar-refractivity contribution in [2.45, 2.75) is 38.8 Å². The van der Waals surface area contributed by atoms with Crippen LogP contribution in [0.5, 0.6) is 0 Å². The smallest absolute Gasteiger partial charge is 0.329 e. The van der Waals surface area contributed by atoms with Crippen LogP contribution in [0.2, 0.25) is 5.02 Å². The molecule has 0 aliphatic carbocycles. The molecule has 1 N–H and O–H groups in total. The Kier molecular flexibility index (Phi) is 9.06. The van der Waals surface area contributed by atoms with E-state index in [1.54, 1.807) is 45.2 Å². The summed E-state index contributed by atoms with van der Waals surface area (Å²) in [5.74, 6) is -2.19. The molecule has 3 aromatic rings. The van der Waals surface area contributed by atoms with Gasteiger partial charge in [0.15, 0.2) is 0 Å². The van der Waals surface area contributed by atoms with Crippen molar-refractivity contribution < 1.29 is 19.1 Å². The van der Waals surface area contributed by atoms with E-state index in [9.17, 15) is 14.4 Å². The maximum atomic E-state index is 13.2. The van der Waals surface area contributed by atoms with Crippen LogP contribution >= 0.6 is 23.2 Å². The highest BCUT2D eigenvalue weighted by atomic mass is 35.5. The van der Waals surface area contributed by atoms with Gasteiger partial charge in [-0.1, -0.05) is 47.1 Å². The molecule has 9 nitrogen and oxygen atoms in total. The van der Waals surface area contributed by atoms with E-state index in [0.717, 1.165) is 10.5 Å². The molecule has 0 saturated carbocycles. The van der Waals surface area contributed by atoms with E-state index in [2.05, 4.69) is 15.6 Å². The van der Waals surface area contributed by atoms with Gasteiger partial charge in [0.2, 0.25) is 11.8 Å². The molecule has 36 heavy (non-hydrogen) atoms. The number of alkyl halides is 1. The van der Waals surface area contributed by atoms with Crippen molar-refractivity contribution in [3.63, 3.8) is 0 Å². The summed E-state index contributed by atoms with van der Waals surface area (Å²) >= 11 is 12.0. The lowest BCUT2D eigenvalue weighted by Gasteiger charge is -2.32. The van der Waals surface area contributed by atoms with Crippen molar-refractivity contribution in [1.82, 2.24) is 19.9 Å². The molecule has 11 heteroatoms. The number of hydrogen-bond acceptors (Lipinski definition) is 6. The molecule has 1 aromatic heterocycles. The van der Waals surface area contributed by atoms with Crippen molar-refractivity contribution in [1.29, 1.82) is 0 Å². The molecule has 0 fully saturated rings. The molecule has 190 valence electrons. The van der Waals surface area contributed by atoms with Crippen molar-refractivity contribution >= 4 is 46.7 Å². The van der Waals surface area contributed by atoms with Gasteiger partial charge in [-0.3, -0.25) is 9.59 Å². The number of anilines is 1. The van der Waals surface area contributed by atoms with E-state index in [1.807, 2.05) is 30.3 Å². The van der Waals surface area contributed by atoms with Gasteiger partial charge >= 0.3 is 5.97 Å². The number of rotatable bonds is 9. The highest BCUT2D eigenvalue weighted by molar-refractivity contribution is 6.31. The van der Waals surface area contributed by atoms with Crippen LogP contribution in [-0.4, -0.2) is 61.7 Å². The van der Waals surface area contributed by atoms with Crippen molar-refractivity contribution in [2.24, 2.45) is 0 Å². The Morgan fingerprint density at radius 2 is 1.86 bits per heavy atom. The summed E-state index contributed by atoms with van der Waals surface area (Å²) in [5.41, 5.74) is 0.878. The van der Waals surface area contributed by atoms with Crippen LogP contribution in [0.4, 0.5) is 5.69 Å². The first kappa shape index (κ1) is 27.2. The summed E-state index contributed by atoms with van der Waals surface area (Å²) in [6.07, 6.45) is 3.25. The van der Waals surface area contributed by atoms with Crippen LogP contribution in [0.1, 0.15) is 26.3 Å². The third kappa shape index (κ3) is 7.53. The second-order valence-electron chi connectivity index (χ2n) is 8.95. The minimum Gasteiger partial charge on any atom is -0.458 e. The second kappa shape index (κ2) is 12.0. The number of esters is 1. The van der Waals surface area contributed by atoms with Crippen LogP contribution in [-0.2, 0) is 25.5 Å². The van der Waals surface area contributed by atoms with Gasteiger partial charge in [0, 0.05) is 11.4 Å². The monoisotopic (exact) mass is 531 g/mol. The van der Waals surface area contributed by atoms with Gasteiger partial charge in [-0.05, 0) is 44.5 Å². The van der Waals surface area contributed by atoms with Gasteiger partial charge in [0.25, 0.3) is 0 Å². The SMILES string of the molecule is CC(C)(C)OC(=O)C(Cc1ccccc1)N(CC(=O)Nc1cc(Cl)ccc1-n1ccnn1)C(=O)CCl. The number of nitrogens with zero attached hydrogens (tertiary/aromatic N) is 4. The minimum atomic E-state index is -1.07. The van der Waals surface area contributed by atoms with Crippen molar-refractivity contribution in [3.05, 3.63) is 71.5 Å². The number of ether oxygens (including phenoxy) is 1. The maximum absolute atomic E-state index is 13.2. The average molecular weight is 532 g/mol. The number of halogens is 2. The predicted molar refractivity (Wildman–Crippen MR) is 137 cm³/mol. The third-order valence-electron chi connectivity index (χ3n) is 4.98. The number of aromatic nitrogens is 3. The fourth-order valence-electron chi connectivity index (χ4n) is 3.47. The topological polar surface area (TPSA) is 106 Å². The third-order valence-corrected chi connectivity index (χ3v) is 5.44. The molecule has 0 radical (unpaired) electrons. The summed E-state index contributed by atoms with van der Waals surface area (Å²) in [6, 6.07) is 13.0. The van der Waals surface area contributed by atoms with E-state index < -0.39 is 41.9 Å². The Morgan fingerprint density at radius 3 is 2.47 bits per heavy atom. The van der Waals surface area contributed by atoms with Gasteiger partial charge in [0.05, 0.1) is 23.8 Å². The Labute approximate surface area is 219 Å². The molecule has 1 atom stereocenters. The van der Waals surface area contributed by atoms with E-state index >= 15 is 0 Å². The van der Waals surface area contributed by atoms with Crippen molar-refractivity contribution in [3.8, 4) is 5.69 Å². The zero-order chi connectivity index (χ0) is 26.3. The number of benzene rings is 2. The second-order valence-corrected chi connectivity index (χ2v) is 9.66.